The van der Waals surface area contributed by atoms with E-state index in [1.807, 2.05) is 49.7 Å². The Labute approximate surface area is 146 Å². The molecule has 0 saturated heterocycles. The minimum Gasteiger partial charge on any atom is -0.485 e. The quantitative estimate of drug-likeness (QED) is 0.738. The van der Waals surface area contributed by atoms with E-state index in [0.29, 0.717) is 11.4 Å². The molecule has 0 spiro atoms. The van der Waals surface area contributed by atoms with Crippen LogP contribution in [0.3, 0.4) is 0 Å². The van der Waals surface area contributed by atoms with E-state index in [1.54, 1.807) is 18.3 Å². The number of furan rings is 1. The number of nitrogens with zero attached hydrogens (tertiary/aromatic N) is 2. The smallest absolute Gasteiger partial charge is 0.291 e. The molecule has 2 aromatic heterocycles. The molecule has 25 heavy (non-hydrogen) atoms. The van der Waals surface area contributed by atoms with Crippen LogP contribution in [0.25, 0.3) is 0 Å². The number of amides is 1. The van der Waals surface area contributed by atoms with Crippen LogP contribution in [0, 0.1) is 13.8 Å². The van der Waals surface area contributed by atoms with Gasteiger partial charge in [-0.3, -0.25) is 9.48 Å². The summed E-state index contributed by atoms with van der Waals surface area (Å²) in [6.45, 7) is 6.91. The van der Waals surface area contributed by atoms with Gasteiger partial charge in [0, 0.05) is 6.54 Å². The third-order valence-electron chi connectivity index (χ3n) is 4.00. The number of aromatic nitrogens is 2. The van der Waals surface area contributed by atoms with Crippen LogP contribution in [0.2, 0.25) is 0 Å². The maximum atomic E-state index is 12.3. The van der Waals surface area contributed by atoms with Crippen molar-refractivity contribution in [2.24, 2.45) is 0 Å². The lowest BCUT2D eigenvalue weighted by atomic mass is 10.2. The molecule has 0 unspecified atom stereocenters. The number of ether oxygens (including phenoxy) is 1. The average molecular weight is 339 g/mol. The second kappa shape index (κ2) is 7.25. The summed E-state index contributed by atoms with van der Waals surface area (Å²) in [5.74, 6) is 1.33. The van der Waals surface area contributed by atoms with Crippen molar-refractivity contribution in [1.29, 1.82) is 0 Å². The van der Waals surface area contributed by atoms with Crippen molar-refractivity contribution in [3.05, 3.63) is 65.4 Å². The molecule has 0 saturated carbocycles. The van der Waals surface area contributed by atoms with Gasteiger partial charge < -0.3 is 14.5 Å². The molecule has 0 fully saturated rings. The zero-order valence-corrected chi connectivity index (χ0v) is 14.6. The maximum Gasteiger partial charge on any atom is 0.291 e. The van der Waals surface area contributed by atoms with Gasteiger partial charge in [0.05, 0.1) is 17.6 Å². The fourth-order valence-corrected chi connectivity index (χ4v) is 2.52. The molecule has 6 nitrogen and oxygen atoms in total. The molecule has 0 aliphatic heterocycles. The summed E-state index contributed by atoms with van der Waals surface area (Å²) in [5, 5.41) is 7.03. The van der Waals surface area contributed by atoms with Gasteiger partial charge in [0.25, 0.3) is 5.91 Å². The highest BCUT2D eigenvalue weighted by Crippen LogP contribution is 2.20. The summed E-state index contributed by atoms with van der Waals surface area (Å²) >= 11 is 0. The largest absolute Gasteiger partial charge is 0.485 e. The fourth-order valence-electron chi connectivity index (χ4n) is 2.52. The second-order valence-corrected chi connectivity index (χ2v) is 5.73. The summed E-state index contributed by atoms with van der Waals surface area (Å²) in [7, 11) is 0. The van der Waals surface area contributed by atoms with Gasteiger partial charge in [0.1, 0.15) is 18.1 Å². The number of nitrogens with one attached hydrogen (secondary N) is 1. The molecule has 130 valence electrons. The molecule has 1 aromatic carbocycles. The van der Waals surface area contributed by atoms with Crippen LogP contribution < -0.4 is 10.1 Å². The summed E-state index contributed by atoms with van der Waals surface area (Å²) in [6.07, 6.45) is 1.64. The second-order valence-electron chi connectivity index (χ2n) is 5.73. The van der Waals surface area contributed by atoms with E-state index in [1.165, 1.54) is 0 Å². The number of carbonyl (C=O) groups is 1. The van der Waals surface area contributed by atoms with E-state index in [-0.39, 0.29) is 18.3 Å². The Hall–Kier alpha value is -3.02. The van der Waals surface area contributed by atoms with Crippen molar-refractivity contribution in [3.8, 4) is 5.75 Å². The third-order valence-corrected chi connectivity index (χ3v) is 4.00. The molecule has 0 aliphatic rings. The van der Waals surface area contributed by atoms with Crippen molar-refractivity contribution in [2.45, 2.75) is 33.9 Å². The summed E-state index contributed by atoms with van der Waals surface area (Å²) in [5.41, 5.74) is 2.64. The highest BCUT2D eigenvalue weighted by atomic mass is 16.5. The molecule has 3 aromatic rings. The van der Waals surface area contributed by atoms with Crippen LogP contribution in [0.5, 0.6) is 5.75 Å². The standard InChI is InChI=1S/C19H21N3O3/c1-4-22-14(3)16(11-20-22)21-19(23)18-10-9-15(25-18)12-24-17-8-6-5-7-13(17)2/h5-11H,4,12H2,1-3H3,(H,21,23). The Balaban J connectivity index is 1.63. The molecule has 1 N–H and O–H groups in total. The normalized spacial score (nSPS) is 10.7. The predicted octanol–water partition coefficient (Wildman–Crippen LogP) is 3.94. The van der Waals surface area contributed by atoms with E-state index in [9.17, 15) is 4.79 Å². The Morgan fingerprint density at radius 2 is 2.04 bits per heavy atom. The van der Waals surface area contributed by atoms with Gasteiger partial charge >= 0.3 is 0 Å². The number of para-hydroxylation sites is 1. The topological polar surface area (TPSA) is 69.3 Å². The molecule has 1 amide bonds. The SMILES string of the molecule is CCn1ncc(NC(=O)c2ccc(COc3ccccc3C)o2)c1C. The number of rotatable bonds is 6. The van der Waals surface area contributed by atoms with Crippen LogP contribution in [0.1, 0.15) is 34.5 Å². The molecule has 0 radical (unpaired) electrons. The Kier molecular flexibility index (Phi) is 4.88. The first-order valence-corrected chi connectivity index (χ1v) is 8.19. The number of anilines is 1. The lowest BCUT2D eigenvalue weighted by Gasteiger charge is -2.07. The minimum atomic E-state index is -0.305. The maximum absolute atomic E-state index is 12.3. The molecule has 0 atom stereocenters. The first-order valence-electron chi connectivity index (χ1n) is 8.19. The number of hydrogen-bond donors (Lipinski definition) is 1. The summed E-state index contributed by atoms with van der Waals surface area (Å²) in [4.78, 5) is 12.3. The van der Waals surface area contributed by atoms with Gasteiger partial charge in [-0.25, -0.2) is 0 Å². The van der Waals surface area contributed by atoms with Crippen LogP contribution in [0.15, 0.2) is 47.0 Å². The van der Waals surface area contributed by atoms with Gasteiger partial charge in [0.15, 0.2) is 5.76 Å². The number of carbonyl (C=O) groups excluding carboxylic acids is 1. The van der Waals surface area contributed by atoms with Crippen LogP contribution in [0.4, 0.5) is 5.69 Å². The Bertz CT molecular complexity index is 880. The van der Waals surface area contributed by atoms with Crippen molar-refractivity contribution in [2.75, 3.05) is 5.32 Å². The molecule has 3 rings (SSSR count). The number of aryl methyl sites for hydroxylation is 2. The lowest BCUT2D eigenvalue weighted by Crippen LogP contribution is -2.11. The van der Waals surface area contributed by atoms with Crippen LogP contribution in [-0.2, 0) is 13.2 Å². The van der Waals surface area contributed by atoms with Crippen molar-refractivity contribution < 1.29 is 13.9 Å². The highest BCUT2D eigenvalue weighted by molar-refractivity contribution is 6.02. The van der Waals surface area contributed by atoms with Crippen molar-refractivity contribution >= 4 is 11.6 Å². The van der Waals surface area contributed by atoms with Crippen molar-refractivity contribution in [3.63, 3.8) is 0 Å². The van der Waals surface area contributed by atoms with Gasteiger partial charge in [-0.15, -0.1) is 0 Å². The third kappa shape index (κ3) is 3.74. The molecule has 0 aliphatic carbocycles. The van der Waals surface area contributed by atoms with E-state index in [2.05, 4.69) is 10.4 Å². The molecule has 2 heterocycles. The van der Waals surface area contributed by atoms with E-state index in [4.69, 9.17) is 9.15 Å². The fraction of sp³-hybridized carbons (Fsp3) is 0.263. The van der Waals surface area contributed by atoms with E-state index >= 15 is 0 Å². The van der Waals surface area contributed by atoms with E-state index in [0.717, 1.165) is 23.6 Å². The number of hydrogen-bond acceptors (Lipinski definition) is 4. The average Bonchev–Trinajstić information content (AvgIpc) is 3.22. The first-order chi connectivity index (χ1) is 12.1. The van der Waals surface area contributed by atoms with Gasteiger partial charge in [0.2, 0.25) is 0 Å². The molecular weight excluding hydrogens is 318 g/mol. The molecular formula is C19H21N3O3. The Morgan fingerprint density at radius 1 is 1.24 bits per heavy atom. The number of benzene rings is 1. The molecule has 6 heteroatoms. The van der Waals surface area contributed by atoms with Crippen molar-refractivity contribution in [1.82, 2.24) is 9.78 Å². The van der Waals surface area contributed by atoms with Gasteiger partial charge in [-0.1, -0.05) is 18.2 Å². The van der Waals surface area contributed by atoms with Gasteiger partial charge in [-0.2, -0.15) is 5.10 Å². The first kappa shape index (κ1) is 16.8. The monoisotopic (exact) mass is 339 g/mol. The molecule has 0 bridgehead atoms. The van der Waals surface area contributed by atoms with Crippen LogP contribution >= 0.6 is 0 Å². The van der Waals surface area contributed by atoms with Crippen LogP contribution in [-0.4, -0.2) is 15.7 Å². The van der Waals surface area contributed by atoms with E-state index < -0.39 is 0 Å². The summed E-state index contributed by atoms with van der Waals surface area (Å²) < 4.78 is 13.1. The minimum absolute atomic E-state index is 0.243. The zero-order valence-electron chi connectivity index (χ0n) is 14.6. The zero-order chi connectivity index (χ0) is 17.8. The summed E-state index contributed by atoms with van der Waals surface area (Å²) in [6, 6.07) is 11.2. The lowest BCUT2D eigenvalue weighted by molar-refractivity contribution is 0.0992. The predicted molar refractivity (Wildman–Crippen MR) is 94.8 cm³/mol. The van der Waals surface area contributed by atoms with Gasteiger partial charge in [-0.05, 0) is 44.5 Å². The highest BCUT2D eigenvalue weighted by Gasteiger charge is 2.15. The Morgan fingerprint density at radius 3 is 2.76 bits per heavy atom.